The number of hydrogen-bond donors (Lipinski definition) is 2. The molecule has 1 aromatic rings. The number of thiophene rings is 1. The van der Waals surface area contributed by atoms with Gasteiger partial charge in [-0.25, -0.2) is 0 Å². The van der Waals surface area contributed by atoms with Crippen LogP contribution < -0.4 is 10.2 Å². The van der Waals surface area contributed by atoms with Crippen molar-refractivity contribution in [3.8, 4) is 0 Å². The van der Waals surface area contributed by atoms with E-state index in [0.717, 1.165) is 24.4 Å². The lowest BCUT2D eigenvalue weighted by Gasteiger charge is -2.07. The Kier molecular flexibility index (Phi) is 5.36. The first kappa shape index (κ1) is 12.2. The molecule has 0 atom stereocenters. The van der Waals surface area contributed by atoms with E-state index in [1.807, 2.05) is 17.5 Å². The second-order valence-corrected chi connectivity index (χ2v) is 4.95. The molecule has 1 rings (SSSR count). The van der Waals surface area contributed by atoms with Crippen LogP contribution in [0.1, 0.15) is 11.3 Å². The van der Waals surface area contributed by atoms with E-state index in [1.165, 1.54) is 4.90 Å². The number of hydrogen-bond acceptors (Lipinski definition) is 2. The summed E-state index contributed by atoms with van der Waals surface area (Å²) >= 11 is 1.63. The monoisotopic (exact) mass is 227 g/mol. The van der Waals surface area contributed by atoms with Crippen LogP contribution in [-0.2, 0) is 11.2 Å². The summed E-state index contributed by atoms with van der Waals surface area (Å²) in [5.41, 5.74) is 0. The van der Waals surface area contributed by atoms with Crippen molar-refractivity contribution < 1.29 is 9.69 Å². The van der Waals surface area contributed by atoms with Gasteiger partial charge in [-0.2, -0.15) is 0 Å². The van der Waals surface area contributed by atoms with Crippen LogP contribution in [0.4, 0.5) is 0 Å². The Morgan fingerprint density at radius 1 is 1.53 bits per heavy atom. The largest absolute Gasteiger partial charge is 0.356 e. The fourth-order valence-electron chi connectivity index (χ4n) is 1.30. The Hall–Kier alpha value is -0.870. The van der Waals surface area contributed by atoms with E-state index in [4.69, 9.17) is 0 Å². The number of nitrogens with one attached hydrogen (secondary N) is 2. The zero-order valence-electron chi connectivity index (χ0n) is 9.38. The van der Waals surface area contributed by atoms with Gasteiger partial charge in [0.15, 0.2) is 0 Å². The molecule has 0 radical (unpaired) electrons. The van der Waals surface area contributed by atoms with Gasteiger partial charge in [-0.15, -0.1) is 11.3 Å². The molecular formula is C11H19N2OS+. The lowest BCUT2D eigenvalue weighted by Crippen LogP contribution is -3.05. The number of carbonyl (C=O) groups excluding carboxylic acids is 1. The fourth-order valence-corrected chi connectivity index (χ4v) is 2.01. The lowest BCUT2D eigenvalue weighted by atomic mass is 10.3. The number of rotatable bonds is 6. The summed E-state index contributed by atoms with van der Waals surface area (Å²) in [6.07, 6.45) is 1.56. The molecule has 0 fully saturated rings. The van der Waals surface area contributed by atoms with Crippen molar-refractivity contribution in [2.45, 2.75) is 12.8 Å². The molecule has 3 nitrogen and oxygen atoms in total. The van der Waals surface area contributed by atoms with Crippen LogP contribution in [0, 0.1) is 0 Å². The van der Waals surface area contributed by atoms with E-state index in [2.05, 4.69) is 19.4 Å². The van der Waals surface area contributed by atoms with Crippen LogP contribution in [0.3, 0.4) is 0 Å². The second kappa shape index (κ2) is 6.58. The molecule has 4 heteroatoms. The maximum Gasteiger partial charge on any atom is 0.225 e. The van der Waals surface area contributed by atoms with Crippen molar-refractivity contribution in [1.82, 2.24) is 5.32 Å². The molecule has 0 aromatic carbocycles. The van der Waals surface area contributed by atoms with E-state index in [9.17, 15) is 4.79 Å². The molecule has 2 N–H and O–H groups in total. The minimum Gasteiger partial charge on any atom is -0.356 e. The second-order valence-electron chi connectivity index (χ2n) is 3.92. The first-order valence-electron chi connectivity index (χ1n) is 5.26. The van der Waals surface area contributed by atoms with Gasteiger partial charge in [-0.1, -0.05) is 6.07 Å². The third-order valence-corrected chi connectivity index (χ3v) is 2.97. The highest BCUT2D eigenvalue weighted by atomic mass is 32.1. The van der Waals surface area contributed by atoms with E-state index >= 15 is 0 Å². The van der Waals surface area contributed by atoms with Gasteiger partial charge in [0.25, 0.3) is 0 Å². The third-order valence-electron chi connectivity index (χ3n) is 2.09. The average molecular weight is 227 g/mol. The van der Waals surface area contributed by atoms with Gasteiger partial charge in [-0.3, -0.25) is 4.79 Å². The van der Waals surface area contributed by atoms with Gasteiger partial charge >= 0.3 is 0 Å². The van der Waals surface area contributed by atoms with Crippen LogP contribution in [0.25, 0.3) is 0 Å². The SMILES string of the molecule is C[NH+](C)CCCNC(=O)Cc1cccs1. The maximum absolute atomic E-state index is 11.4. The summed E-state index contributed by atoms with van der Waals surface area (Å²) in [5.74, 6) is 0.131. The van der Waals surface area contributed by atoms with E-state index in [0.29, 0.717) is 6.42 Å². The van der Waals surface area contributed by atoms with Gasteiger partial charge in [-0.05, 0) is 11.4 Å². The molecule has 0 unspecified atom stereocenters. The quantitative estimate of drug-likeness (QED) is 0.656. The minimum atomic E-state index is 0.131. The minimum absolute atomic E-state index is 0.131. The zero-order chi connectivity index (χ0) is 11.1. The Morgan fingerprint density at radius 2 is 2.33 bits per heavy atom. The Bertz CT molecular complexity index is 283. The smallest absolute Gasteiger partial charge is 0.225 e. The summed E-state index contributed by atoms with van der Waals surface area (Å²) in [4.78, 5) is 14.0. The summed E-state index contributed by atoms with van der Waals surface area (Å²) in [6, 6.07) is 3.97. The van der Waals surface area contributed by atoms with Crippen molar-refractivity contribution in [3.05, 3.63) is 22.4 Å². The van der Waals surface area contributed by atoms with Crippen molar-refractivity contribution in [2.24, 2.45) is 0 Å². The molecule has 0 aliphatic rings. The first-order chi connectivity index (χ1) is 7.18. The van der Waals surface area contributed by atoms with Crippen LogP contribution in [-0.4, -0.2) is 33.1 Å². The topological polar surface area (TPSA) is 33.5 Å². The first-order valence-corrected chi connectivity index (χ1v) is 6.14. The highest BCUT2D eigenvalue weighted by Gasteiger charge is 2.03. The van der Waals surface area contributed by atoms with Crippen molar-refractivity contribution in [3.63, 3.8) is 0 Å². The summed E-state index contributed by atoms with van der Waals surface area (Å²) in [7, 11) is 4.24. The van der Waals surface area contributed by atoms with E-state index in [-0.39, 0.29) is 5.91 Å². The molecule has 0 saturated carbocycles. The van der Waals surface area contributed by atoms with Crippen LogP contribution in [0.15, 0.2) is 17.5 Å². The van der Waals surface area contributed by atoms with Crippen LogP contribution >= 0.6 is 11.3 Å². The van der Waals surface area contributed by atoms with Crippen LogP contribution in [0.2, 0.25) is 0 Å². The molecule has 1 heterocycles. The van der Waals surface area contributed by atoms with Crippen molar-refractivity contribution >= 4 is 17.2 Å². The molecule has 0 aliphatic carbocycles. The standard InChI is InChI=1S/C11H18N2OS/c1-13(2)7-4-6-12-11(14)9-10-5-3-8-15-10/h3,5,8H,4,6-7,9H2,1-2H3,(H,12,14)/p+1. The van der Waals surface area contributed by atoms with Gasteiger partial charge in [0.2, 0.25) is 5.91 Å². The van der Waals surface area contributed by atoms with Gasteiger partial charge < -0.3 is 10.2 Å². The van der Waals surface area contributed by atoms with Crippen molar-refractivity contribution in [1.29, 1.82) is 0 Å². The number of carbonyl (C=O) groups is 1. The molecule has 0 bridgehead atoms. The fraction of sp³-hybridized carbons (Fsp3) is 0.545. The number of amides is 1. The van der Waals surface area contributed by atoms with E-state index in [1.54, 1.807) is 11.3 Å². The normalized spacial score (nSPS) is 10.6. The van der Waals surface area contributed by atoms with Crippen molar-refractivity contribution in [2.75, 3.05) is 27.2 Å². The van der Waals surface area contributed by atoms with Gasteiger partial charge in [0.1, 0.15) is 0 Å². The Morgan fingerprint density at radius 3 is 2.93 bits per heavy atom. The van der Waals surface area contributed by atoms with E-state index < -0.39 is 0 Å². The summed E-state index contributed by atoms with van der Waals surface area (Å²) in [5, 5.41) is 4.93. The molecule has 0 saturated heterocycles. The molecular weight excluding hydrogens is 208 g/mol. The highest BCUT2D eigenvalue weighted by molar-refractivity contribution is 7.10. The average Bonchev–Trinajstić information content (AvgIpc) is 2.64. The summed E-state index contributed by atoms with van der Waals surface area (Å²) < 4.78 is 0. The highest BCUT2D eigenvalue weighted by Crippen LogP contribution is 2.08. The molecule has 84 valence electrons. The zero-order valence-corrected chi connectivity index (χ0v) is 10.2. The molecule has 1 aromatic heterocycles. The molecule has 0 spiro atoms. The predicted octanol–water partition coefficient (Wildman–Crippen LogP) is -0.0586. The Balaban J connectivity index is 2.09. The molecule has 15 heavy (non-hydrogen) atoms. The Labute approximate surface area is 95.1 Å². The maximum atomic E-state index is 11.4. The molecule has 0 aliphatic heterocycles. The van der Waals surface area contributed by atoms with Crippen LogP contribution in [0.5, 0.6) is 0 Å². The summed E-state index contributed by atoms with van der Waals surface area (Å²) in [6.45, 7) is 1.88. The third kappa shape index (κ3) is 5.54. The lowest BCUT2D eigenvalue weighted by molar-refractivity contribution is -0.858. The predicted molar refractivity (Wildman–Crippen MR) is 63.3 cm³/mol. The van der Waals surface area contributed by atoms with Gasteiger partial charge in [0, 0.05) is 17.8 Å². The van der Waals surface area contributed by atoms with Gasteiger partial charge in [0.05, 0.1) is 27.1 Å². The molecule has 1 amide bonds. The number of quaternary nitrogens is 1.